The van der Waals surface area contributed by atoms with Crippen molar-refractivity contribution in [3.63, 3.8) is 0 Å². The summed E-state index contributed by atoms with van der Waals surface area (Å²) in [6.07, 6.45) is 2.58. The van der Waals surface area contributed by atoms with Gasteiger partial charge >= 0.3 is 0 Å². The van der Waals surface area contributed by atoms with Gasteiger partial charge in [0.05, 0.1) is 26.0 Å². The van der Waals surface area contributed by atoms with E-state index in [1.807, 2.05) is 0 Å². The Bertz CT molecular complexity index is 899. The molecule has 10 heteroatoms. The molecule has 0 radical (unpaired) electrons. The highest BCUT2D eigenvalue weighted by molar-refractivity contribution is 6.42. The number of anilines is 1. The lowest BCUT2D eigenvalue weighted by molar-refractivity contribution is -0.393. The van der Waals surface area contributed by atoms with Gasteiger partial charge in [0, 0.05) is 12.1 Å². The van der Waals surface area contributed by atoms with E-state index in [-0.39, 0.29) is 5.69 Å². The summed E-state index contributed by atoms with van der Waals surface area (Å²) >= 11 is 11.6. The molecule has 0 saturated heterocycles. The number of hydrogen-bond donors (Lipinski definition) is 1. The third kappa shape index (κ3) is 4.75. The highest BCUT2D eigenvalue weighted by Crippen LogP contribution is 2.29. The van der Waals surface area contributed by atoms with Crippen molar-refractivity contribution in [3.8, 4) is 0 Å². The molecule has 0 aliphatic carbocycles. The van der Waals surface area contributed by atoms with E-state index in [2.05, 4.69) is 5.32 Å². The van der Waals surface area contributed by atoms with Crippen LogP contribution in [0.15, 0.2) is 42.5 Å². The van der Waals surface area contributed by atoms with E-state index < -0.39 is 27.1 Å². The lowest BCUT2D eigenvalue weighted by atomic mass is 10.2. The topological polar surface area (TPSA) is 115 Å². The number of hydrogen-bond acceptors (Lipinski definition) is 5. The molecule has 0 saturated carbocycles. The number of rotatable bonds is 5. The lowest BCUT2D eigenvalue weighted by Gasteiger charge is -2.03. The van der Waals surface area contributed by atoms with Crippen LogP contribution in [0.1, 0.15) is 5.56 Å². The number of non-ortho nitro benzene ring substituents is 1. The Kier molecular flexibility index (Phi) is 5.68. The third-order valence-corrected chi connectivity index (χ3v) is 3.76. The molecule has 1 N–H and O–H groups in total. The Labute approximate surface area is 151 Å². The molecule has 0 aromatic heterocycles. The van der Waals surface area contributed by atoms with E-state index in [1.54, 1.807) is 18.2 Å². The maximum atomic E-state index is 11.9. The Morgan fingerprint density at radius 3 is 2.32 bits per heavy atom. The highest BCUT2D eigenvalue weighted by Gasteiger charge is 2.20. The molecule has 0 heterocycles. The fraction of sp³-hybridized carbons (Fsp3) is 0. The van der Waals surface area contributed by atoms with Crippen molar-refractivity contribution in [1.29, 1.82) is 0 Å². The van der Waals surface area contributed by atoms with Crippen LogP contribution in [0.3, 0.4) is 0 Å². The number of carbonyl (C=O) groups excluding carboxylic acids is 1. The van der Waals surface area contributed by atoms with Crippen LogP contribution >= 0.6 is 23.2 Å². The maximum Gasteiger partial charge on any atom is 0.299 e. The zero-order valence-corrected chi connectivity index (χ0v) is 13.8. The van der Waals surface area contributed by atoms with Gasteiger partial charge in [-0.2, -0.15) is 0 Å². The first kappa shape index (κ1) is 18.4. The number of nitro groups is 2. The second-order valence-corrected chi connectivity index (χ2v) is 5.53. The summed E-state index contributed by atoms with van der Waals surface area (Å²) in [7, 11) is 0. The van der Waals surface area contributed by atoms with Crippen molar-refractivity contribution >= 4 is 52.2 Å². The van der Waals surface area contributed by atoms with E-state index in [9.17, 15) is 25.0 Å². The number of carbonyl (C=O) groups is 1. The molecule has 0 fully saturated rings. The highest BCUT2D eigenvalue weighted by atomic mass is 35.5. The Morgan fingerprint density at radius 1 is 1.00 bits per heavy atom. The molecule has 1 amide bonds. The number of nitro benzene ring substituents is 2. The van der Waals surface area contributed by atoms with Gasteiger partial charge in [-0.05, 0) is 29.8 Å². The first-order valence-electron chi connectivity index (χ1n) is 6.65. The van der Waals surface area contributed by atoms with Gasteiger partial charge in [0.25, 0.3) is 11.4 Å². The molecule has 0 unspecified atom stereocenters. The van der Waals surface area contributed by atoms with Crippen LogP contribution in [0.25, 0.3) is 6.08 Å². The van der Waals surface area contributed by atoms with Crippen molar-refractivity contribution < 1.29 is 14.6 Å². The van der Waals surface area contributed by atoms with E-state index >= 15 is 0 Å². The van der Waals surface area contributed by atoms with Gasteiger partial charge in [-0.1, -0.05) is 29.3 Å². The molecule has 8 nitrogen and oxygen atoms in total. The molecular formula is C15H9Cl2N3O5. The Morgan fingerprint density at radius 2 is 1.72 bits per heavy atom. The minimum atomic E-state index is -0.814. The smallest absolute Gasteiger partial charge is 0.299 e. The summed E-state index contributed by atoms with van der Waals surface area (Å²) in [5, 5.41) is 24.7. The van der Waals surface area contributed by atoms with Crippen LogP contribution in [-0.2, 0) is 4.79 Å². The zero-order chi connectivity index (χ0) is 18.6. The van der Waals surface area contributed by atoms with Crippen LogP contribution in [0.4, 0.5) is 17.1 Å². The van der Waals surface area contributed by atoms with Crippen molar-refractivity contribution in [2.75, 3.05) is 5.32 Å². The summed E-state index contributed by atoms with van der Waals surface area (Å²) < 4.78 is 0. The van der Waals surface area contributed by atoms with Crippen molar-refractivity contribution in [1.82, 2.24) is 0 Å². The quantitative estimate of drug-likeness (QED) is 0.466. The minimum absolute atomic E-state index is 0.153. The molecule has 0 aliphatic heterocycles. The molecule has 0 aliphatic rings. The first-order valence-corrected chi connectivity index (χ1v) is 7.40. The summed E-state index contributed by atoms with van der Waals surface area (Å²) in [4.78, 5) is 32.0. The molecule has 2 aromatic rings. The SMILES string of the molecule is O=C(C=Cc1ccc(Cl)c(Cl)c1)Nc1ccc([N+](=O)[O-])cc1[N+](=O)[O-]. The van der Waals surface area contributed by atoms with Crippen molar-refractivity contribution in [3.05, 3.63) is 78.3 Å². The Balaban J connectivity index is 2.19. The van der Waals surface area contributed by atoms with Crippen molar-refractivity contribution in [2.45, 2.75) is 0 Å². The lowest BCUT2D eigenvalue weighted by Crippen LogP contribution is -2.09. The normalized spacial score (nSPS) is 10.6. The fourth-order valence-electron chi connectivity index (χ4n) is 1.85. The molecular weight excluding hydrogens is 373 g/mol. The van der Waals surface area contributed by atoms with Gasteiger partial charge < -0.3 is 5.32 Å². The van der Waals surface area contributed by atoms with Crippen LogP contribution in [0, 0.1) is 20.2 Å². The largest absolute Gasteiger partial charge is 0.317 e. The van der Waals surface area contributed by atoms with Crippen LogP contribution in [-0.4, -0.2) is 15.8 Å². The van der Waals surface area contributed by atoms with Crippen LogP contribution in [0.2, 0.25) is 10.0 Å². The molecule has 25 heavy (non-hydrogen) atoms. The summed E-state index contributed by atoms with van der Waals surface area (Å²) in [6, 6.07) is 7.67. The summed E-state index contributed by atoms with van der Waals surface area (Å²) in [5.41, 5.74) is -0.580. The first-order chi connectivity index (χ1) is 11.8. The monoisotopic (exact) mass is 381 g/mol. The summed E-state index contributed by atoms with van der Waals surface area (Å²) in [6.45, 7) is 0. The predicted molar refractivity (Wildman–Crippen MR) is 93.9 cm³/mol. The number of nitrogens with one attached hydrogen (secondary N) is 1. The van der Waals surface area contributed by atoms with Gasteiger partial charge in [-0.15, -0.1) is 0 Å². The maximum absolute atomic E-state index is 11.9. The number of benzene rings is 2. The van der Waals surface area contributed by atoms with E-state index in [4.69, 9.17) is 23.2 Å². The van der Waals surface area contributed by atoms with Crippen LogP contribution in [0.5, 0.6) is 0 Å². The predicted octanol–water partition coefficient (Wildman–Crippen LogP) is 4.46. The van der Waals surface area contributed by atoms with Gasteiger partial charge in [0.2, 0.25) is 5.91 Å². The molecule has 0 spiro atoms. The second-order valence-electron chi connectivity index (χ2n) is 4.71. The molecule has 0 atom stereocenters. The molecule has 2 rings (SSSR count). The second kappa shape index (κ2) is 7.73. The zero-order valence-electron chi connectivity index (χ0n) is 12.3. The molecule has 128 valence electrons. The van der Waals surface area contributed by atoms with Gasteiger partial charge in [0.15, 0.2) is 0 Å². The average molecular weight is 382 g/mol. The van der Waals surface area contributed by atoms with Gasteiger partial charge in [-0.25, -0.2) is 0 Å². The van der Waals surface area contributed by atoms with Gasteiger partial charge in [-0.3, -0.25) is 25.0 Å². The fourth-order valence-corrected chi connectivity index (χ4v) is 2.16. The van der Waals surface area contributed by atoms with Crippen LogP contribution < -0.4 is 5.32 Å². The molecule has 0 bridgehead atoms. The summed E-state index contributed by atoms with van der Waals surface area (Å²) in [5.74, 6) is -0.650. The number of amides is 1. The third-order valence-electron chi connectivity index (χ3n) is 3.02. The number of nitrogens with zero attached hydrogens (tertiary/aromatic N) is 2. The number of halogens is 2. The standard InChI is InChI=1S/C15H9Cl2N3O5/c16-11-4-1-9(7-12(11)17)2-6-15(21)18-13-5-3-10(19(22)23)8-14(13)20(24)25/h1-8H,(H,18,21). The van der Waals surface area contributed by atoms with E-state index in [0.29, 0.717) is 15.6 Å². The van der Waals surface area contributed by atoms with Crippen molar-refractivity contribution in [2.24, 2.45) is 0 Å². The minimum Gasteiger partial charge on any atom is -0.317 e. The molecule has 2 aromatic carbocycles. The van der Waals surface area contributed by atoms with E-state index in [1.165, 1.54) is 6.08 Å². The van der Waals surface area contributed by atoms with Gasteiger partial charge in [0.1, 0.15) is 5.69 Å². The Hall–Kier alpha value is -2.97. The van der Waals surface area contributed by atoms with E-state index in [0.717, 1.165) is 24.3 Å². The average Bonchev–Trinajstić information content (AvgIpc) is 2.56.